The second-order valence-electron chi connectivity index (χ2n) is 3.48. The van der Waals surface area contributed by atoms with Crippen LogP contribution in [0, 0.1) is 0 Å². The highest BCUT2D eigenvalue weighted by Gasteiger charge is 2.03. The summed E-state index contributed by atoms with van der Waals surface area (Å²) in [6, 6.07) is 7.29. The van der Waals surface area contributed by atoms with Crippen LogP contribution in [0.15, 0.2) is 24.3 Å². The second-order valence-corrected chi connectivity index (χ2v) is 3.48. The van der Waals surface area contributed by atoms with Crippen LogP contribution in [-0.4, -0.2) is 30.7 Å². The van der Waals surface area contributed by atoms with E-state index in [0.29, 0.717) is 5.56 Å². The van der Waals surface area contributed by atoms with Gasteiger partial charge in [-0.3, -0.25) is 4.79 Å². The van der Waals surface area contributed by atoms with Crippen molar-refractivity contribution in [3.05, 3.63) is 29.8 Å². The van der Waals surface area contributed by atoms with Gasteiger partial charge in [-0.15, -0.1) is 0 Å². The van der Waals surface area contributed by atoms with E-state index in [-0.39, 0.29) is 19.1 Å². The largest absolute Gasteiger partial charge is 0.395 e. The SMILES string of the molecule is CCCNc1ccc(C(=O)NCCO)cc1. The van der Waals surface area contributed by atoms with E-state index in [0.717, 1.165) is 18.7 Å². The number of hydrogen-bond acceptors (Lipinski definition) is 3. The predicted octanol–water partition coefficient (Wildman–Crippen LogP) is 1.23. The molecule has 0 saturated heterocycles. The molecule has 0 bridgehead atoms. The molecule has 1 aromatic carbocycles. The Morgan fingerprint density at radius 1 is 1.25 bits per heavy atom. The van der Waals surface area contributed by atoms with Crippen molar-refractivity contribution >= 4 is 11.6 Å². The lowest BCUT2D eigenvalue weighted by atomic mass is 10.2. The van der Waals surface area contributed by atoms with E-state index >= 15 is 0 Å². The second kappa shape index (κ2) is 6.85. The van der Waals surface area contributed by atoms with Gasteiger partial charge in [0.2, 0.25) is 0 Å². The number of nitrogens with one attached hydrogen (secondary N) is 2. The van der Waals surface area contributed by atoms with Gasteiger partial charge >= 0.3 is 0 Å². The van der Waals surface area contributed by atoms with Gasteiger partial charge in [0.25, 0.3) is 5.91 Å². The van der Waals surface area contributed by atoms with Gasteiger partial charge in [-0.25, -0.2) is 0 Å². The van der Waals surface area contributed by atoms with Crippen molar-refractivity contribution in [2.75, 3.05) is 25.0 Å². The molecule has 0 saturated carbocycles. The zero-order valence-corrected chi connectivity index (χ0v) is 9.49. The average Bonchev–Trinajstić information content (AvgIpc) is 2.34. The van der Waals surface area contributed by atoms with Crippen LogP contribution in [0.1, 0.15) is 23.7 Å². The van der Waals surface area contributed by atoms with Crippen molar-refractivity contribution in [2.45, 2.75) is 13.3 Å². The van der Waals surface area contributed by atoms with Gasteiger partial charge in [0, 0.05) is 24.3 Å². The number of aliphatic hydroxyl groups is 1. The number of carbonyl (C=O) groups is 1. The molecule has 16 heavy (non-hydrogen) atoms. The molecule has 4 nitrogen and oxygen atoms in total. The van der Waals surface area contributed by atoms with Gasteiger partial charge in [-0.1, -0.05) is 6.92 Å². The monoisotopic (exact) mass is 222 g/mol. The molecule has 4 heteroatoms. The normalized spacial score (nSPS) is 9.88. The molecule has 1 aromatic rings. The lowest BCUT2D eigenvalue weighted by Gasteiger charge is -2.06. The number of anilines is 1. The Kier molecular flexibility index (Phi) is 5.36. The standard InChI is InChI=1S/C12H18N2O2/c1-2-7-13-11-5-3-10(4-6-11)12(16)14-8-9-15/h3-6,13,15H,2,7-9H2,1H3,(H,14,16). The molecule has 0 aliphatic carbocycles. The summed E-state index contributed by atoms with van der Waals surface area (Å²) in [6.07, 6.45) is 1.07. The van der Waals surface area contributed by atoms with E-state index in [1.165, 1.54) is 0 Å². The van der Waals surface area contributed by atoms with Crippen LogP contribution >= 0.6 is 0 Å². The van der Waals surface area contributed by atoms with Crippen LogP contribution in [0.25, 0.3) is 0 Å². The molecule has 0 aliphatic heterocycles. The maximum absolute atomic E-state index is 11.5. The van der Waals surface area contributed by atoms with Crippen LogP contribution in [0.5, 0.6) is 0 Å². The number of rotatable bonds is 6. The topological polar surface area (TPSA) is 61.4 Å². The fraction of sp³-hybridized carbons (Fsp3) is 0.417. The number of hydrogen-bond donors (Lipinski definition) is 3. The van der Waals surface area contributed by atoms with Crippen LogP contribution in [0.3, 0.4) is 0 Å². The molecular weight excluding hydrogens is 204 g/mol. The quantitative estimate of drug-likeness (QED) is 0.678. The number of carbonyl (C=O) groups excluding carboxylic acids is 1. The van der Waals surface area contributed by atoms with Crippen LogP contribution in [-0.2, 0) is 0 Å². The van der Waals surface area contributed by atoms with Crippen molar-refractivity contribution in [1.82, 2.24) is 5.32 Å². The Bertz CT molecular complexity index is 322. The third-order valence-corrected chi connectivity index (χ3v) is 2.12. The van der Waals surface area contributed by atoms with E-state index in [1.54, 1.807) is 12.1 Å². The lowest BCUT2D eigenvalue weighted by molar-refractivity contribution is 0.0945. The first-order valence-corrected chi connectivity index (χ1v) is 5.51. The maximum atomic E-state index is 11.5. The molecule has 0 fully saturated rings. The van der Waals surface area contributed by atoms with Gasteiger partial charge in [0.1, 0.15) is 0 Å². The highest BCUT2D eigenvalue weighted by atomic mass is 16.3. The van der Waals surface area contributed by atoms with Crippen molar-refractivity contribution in [3.63, 3.8) is 0 Å². The van der Waals surface area contributed by atoms with E-state index in [4.69, 9.17) is 5.11 Å². The van der Waals surface area contributed by atoms with Gasteiger partial charge in [0.05, 0.1) is 6.61 Å². The van der Waals surface area contributed by atoms with Crippen LogP contribution in [0.2, 0.25) is 0 Å². The lowest BCUT2D eigenvalue weighted by Crippen LogP contribution is -2.26. The zero-order chi connectivity index (χ0) is 11.8. The molecule has 0 heterocycles. The summed E-state index contributed by atoms with van der Waals surface area (Å²) < 4.78 is 0. The van der Waals surface area contributed by atoms with E-state index in [9.17, 15) is 4.79 Å². The molecule has 88 valence electrons. The number of benzene rings is 1. The molecule has 3 N–H and O–H groups in total. The minimum Gasteiger partial charge on any atom is -0.395 e. The Morgan fingerprint density at radius 2 is 1.94 bits per heavy atom. The molecule has 0 spiro atoms. The molecule has 0 atom stereocenters. The van der Waals surface area contributed by atoms with E-state index in [1.807, 2.05) is 12.1 Å². The maximum Gasteiger partial charge on any atom is 0.251 e. The summed E-state index contributed by atoms with van der Waals surface area (Å²) in [5, 5.41) is 14.4. The van der Waals surface area contributed by atoms with Crippen molar-refractivity contribution in [2.24, 2.45) is 0 Å². The summed E-state index contributed by atoms with van der Waals surface area (Å²) >= 11 is 0. The molecule has 0 radical (unpaired) electrons. The Hall–Kier alpha value is -1.55. The van der Waals surface area contributed by atoms with Gasteiger partial charge in [-0.2, -0.15) is 0 Å². The molecule has 0 unspecified atom stereocenters. The highest BCUT2D eigenvalue weighted by molar-refractivity contribution is 5.94. The fourth-order valence-electron chi connectivity index (χ4n) is 1.28. The van der Waals surface area contributed by atoms with Crippen LogP contribution in [0.4, 0.5) is 5.69 Å². The fourth-order valence-corrected chi connectivity index (χ4v) is 1.28. The summed E-state index contributed by atoms with van der Waals surface area (Å²) in [7, 11) is 0. The molecule has 0 aliphatic rings. The van der Waals surface area contributed by atoms with E-state index < -0.39 is 0 Å². The zero-order valence-electron chi connectivity index (χ0n) is 9.49. The smallest absolute Gasteiger partial charge is 0.251 e. The summed E-state index contributed by atoms with van der Waals surface area (Å²) in [5.41, 5.74) is 1.62. The van der Waals surface area contributed by atoms with Gasteiger partial charge in [0.15, 0.2) is 0 Å². The molecule has 1 amide bonds. The summed E-state index contributed by atoms with van der Waals surface area (Å²) in [4.78, 5) is 11.5. The minimum absolute atomic E-state index is 0.0398. The van der Waals surface area contributed by atoms with Crippen molar-refractivity contribution < 1.29 is 9.90 Å². The summed E-state index contributed by atoms with van der Waals surface area (Å²) in [5.74, 6) is -0.156. The van der Waals surface area contributed by atoms with Crippen molar-refractivity contribution in [3.8, 4) is 0 Å². The summed E-state index contributed by atoms with van der Waals surface area (Å²) in [6.45, 7) is 3.27. The third-order valence-electron chi connectivity index (χ3n) is 2.12. The predicted molar refractivity (Wildman–Crippen MR) is 64.6 cm³/mol. The molecule has 1 rings (SSSR count). The Labute approximate surface area is 95.7 Å². The average molecular weight is 222 g/mol. The first-order valence-electron chi connectivity index (χ1n) is 5.51. The number of amides is 1. The minimum atomic E-state index is -0.156. The van der Waals surface area contributed by atoms with E-state index in [2.05, 4.69) is 17.6 Å². The first-order chi connectivity index (χ1) is 7.77. The third kappa shape index (κ3) is 3.90. The van der Waals surface area contributed by atoms with Gasteiger partial charge < -0.3 is 15.7 Å². The van der Waals surface area contributed by atoms with Crippen molar-refractivity contribution in [1.29, 1.82) is 0 Å². The number of aliphatic hydroxyl groups excluding tert-OH is 1. The van der Waals surface area contributed by atoms with Crippen LogP contribution < -0.4 is 10.6 Å². The Morgan fingerprint density at radius 3 is 2.50 bits per heavy atom. The first kappa shape index (κ1) is 12.5. The van der Waals surface area contributed by atoms with Gasteiger partial charge in [-0.05, 0) is 30.7 Å². The molecular formula is C12H18N2O2. The highest BCUT2D eigenvalue weighted by Crippen LogP contribution is 2.09. The Balaban J connectivity index is 2.53. The molecule has 0 aromatic heterocycles.